The third-order valence-electron chi connectivity index (χ3n) is 6.87. The lowest BCUT2D eigenvalue weighted by Gasteiger charge is -2.33. The summed E-state index contributed by atoms with van der Waals surface area (Å²) in [5, 5.41) is 0. The van der Waals surface area contributed by atoms with E-state index in [9.17, 15) is 0 Å². The van der Waals surface area contributed by atoms with Gasteiger partial charge < -0.3 is 9.80 Å². The van der Waals surface area contributed by atoms with Gasteiger partial charge in [0, 0.05) is 17.3 Å². The van der Waals surface area contributed by atoms with Crippen LogP contribution in [0.5, 0.6) is 0 Å². The van der Waals surface area contributed by atoms with Gasteiger partial charge in [-0.05, 0) is 48.7 Å². The number of para-hydroxylation sites is 3. The van der Waals surface area contributed by atoms with Crippen LogP contribution in [0.25, 0.3) is 22.3 Å². The van der Waals surface area contributed by atoms with Crippen LogP contribution in [0.4, 0.5) is 22.7 Å². The van der Waals surface area contributed by atoms with Crippen molar-refractivity contribution in [3.63, 3.8) is 0 Å². The van der Waals surface area contributed by atoms with Crippen LogP contribution >= 0.6 is 0 Å². The first-order valence-corrected chi connectivity index (χ1v) is 12.1. The van der Waals surface area contributed by atoms with E-state index in [4.69, 9.17) is 0 Å². The molecule has 3 heteroatoms. The molecule has 0 bridgehead atoms. The van der Waals surface area contributed by atoms with Crippen LogP contribution in [0.2, 0.25) is 0 Å². The fourth-order valence-corrected chi connectivity index (χ4v) is 5.24. The number of aryl methyl sites for hydroxylation is 1. The lowest BCUT2D eigenvalue weighted by molar-refractivity contribution is 0.759. The number of hydrogen-bond donors (Lipinski definition) is 0. The van der Waals surface area contributed by atoms with Gasteiger partial charge in [0.1, 0.15) is 6.17 Å². The standard InChI is InChI=1S/C32H27N3/c1-23-20-21-33-22-31(23)34-24(2)35(30-19-10-9-18-29(30)34)32-27(25-12-5-3-6-13-25)16-11-17-28(32)26-14-7-4-8-15-26/h3-22,24H,1-2H3/t24-/m0/s1. The molecule has 0 spiro atoms. The molecule has 0 aliphatic carbocycles. The Labute approximate surface area is 206 Å². The summed E-state index contributed by atoms with van der Waals surface area (Å²) >= 11 is 0. The molecule has 0 saturated carbocycles. The summed E-state index contributed by atoms with van der Waals surface area (Å²) in [5.41, 5.74) is 10.8. The summed E-state index contributed by atoms with van der Waals surface area (Å²) in [7, 11) is 0. The Morgan fingerprint density at radius 2 is 1.11 bits per heavy atom. The maximum Gasteiger partial charge on any atom is 0.108 e. The van der Waals surface area contributed by atoms with E-state index in [1.807, 2.05) is 12.4 Å². The predicted molar refractivity (Wildman–Crippen MR) is 146 cm³/mol. The van der Waals surface area contributed by atoms with Crippen LogP contribution in [0.15, 0.2) is 122 Å². The number of pyridine rings is 1. The van der Waals surface area contributed by atoms with Crippen LogP contribution in [0.3, 0.4) is 0 Å². The van der Waals surface area contributed by atoms with E-state index in [1.54, 1.807) is 0 Å². The minimum Gasteiger partial charge on any atom is -0.317 e. The molecular formula is C32H27N3. The number of fused-ring (bicyclic) bond motifs is 1. The molecule has 0 saturated heterocycles. The maximum atomic E-state index is 4.47. The lowest BCUT2D eigenvalue weighted by Crippen LogP contribution is -2.36. The summed E-state index contributed by atoms with van der Waals surface area (Å²) in [4.78, 5) is 9.37. The Bertz CT molecular complexity index is 1420. The molecule has 6 rings (SSSR count). The molecule has 3 nitrogen and oxygen atoms in total. The minimum atomic E-state index is 0.0580. The van der Waals surface area contributed by atoms with Gasteiger partial charge in [-0.1, -0.05) is 91.0 Å². The van der Waals surface area contributed by atoms with Crippen LogP contribution in [0.1, 0.15) is 12.5 Å². The minimum absolute atomic E-state index is 0.0580. The maximum absolute atomic E-state index is 4.47. The van der Waals surface area contributed by atoms with Gasteiger partial charge in [-0.25, -0.2) is 0 Å². The highest BCUT2D eigenvalue weighted by atomic mass is 15.4. The number of hydrogen-bond acceptors (Lipinski definition) is 3. The monoisotopic (exact) mass is 453 g/mol. The highest BCUT2D eigenvalue weighted by Gasteiger charge is 2.37. The largest absolute Gasteiger partial charge is 0.317 e. The molecule has 1 aliphatic rings. The Morgan fingerprint density at radius 3 is 1.69 bits per heavy atom. The van der Waals surface area contributed by atoms with Gasteiger partial charge in [0.05, 0.1) is 28.9 Å². The quantitative estimate of drug-likeness (QED) is 0.272. The zero-order valence-electron chi connectivity index (χ0n) is 20.0. The molecule has 0 N–H and O–H groups in total. The van der Waals surface area contributed by atoms with Crippen molar-refractivity contribution in [2.24, 2.45) is 0 Å². The highest BCUT2D eigenvalue weighted by Crippen LogP contribution is 2.52. The van der Waals surface area contributed by atoms with Crippen LogP contribution in [-0.4, -0.2) is 11.1 Å². The predicted octanol–water partition coefficient (Wildman–Crippen LogP) is 8.36. The fourth-order valence-electron chi connectivity index (χ4n) is 5.24. The summed E-state index contributed by atoms with van der Waals surface area (Å²) in [6.07, 6.45) is 3.90. The normalized spacial score (nSPS) is 14.7. The van der Waals surface area contributed by atoms with Gasteiger partial charge in [0.25, 0.3) is 0 Å². The molecule has 1 atom stereocenters. The highest BCUT2D eigenvalue weighted by molar-refractivity contribution is 5.99. The van der Waals surface area contributed by atoms with E-state index >= 15 is 0 Å². The van der Waals surface area contributed by atoms with E-state index in [2.05, 4.69) is 138 Å². The van der Waals surface area contributed by atoms with Crippen molar-refractivity contribution in [3.05, 3.63) is 127 Å². The Kier molecular flexibility index (Phi) is 5.31. The number of nitrogens with zero attached hydrogens (tertiary/aromatic N) is 3. The van der Waals surface area contributed by atoms with Gasteiger partial charge >= 0.3 is 0 Å². The van der Waals surface area contributed by atoms with E-state index in [-0.39, 0.29) is 6.17 Å². The average Bonchev–Trinajstić information content (AvgIpc) is 3.21. The molecular weight excluding hydrogens is 426 g/mol. The van der Waals surface area contributed by atoms with Crippen molar-refractivity contribution in [1.82, 2.24) is 4.98 Å². The molecule has 5 aromatic rings. The third kappa shape index (κ3) is 3.57. The smallest absolute Gasteiger partial charge is 0.108 e. The molecule has 2 heterocycles. The summed E-state index contributed by atoms with van der Waals surface area (Å²) in [6, 6.07) is 38.8. The van der Waals surface area contributed by atoms with Crippen molar-refractivity contribution in [2.45, 2.75) is 20.0 Å². The van der Waals surface area contributed by atoms with Crippen LogP contribution in [0, 0.1) is 6.92 Å². The third-order valence-corrected chi connectivity index (χ3v) is 6.87. The Hall–Kier alpha value is -4.37. The molecule has 0 unspecified atom stereocenters. The summed E-state index contributed by atoms with van der Waals surface area (Å²) in [6.45, 7) is 4.44. The number of rotatable bonds is 4. The Balaban J connectivity index is 1.63. The van der Waals surface area contributed by atoms with E-state index in [0.29, 0.717) is 0 Å². The second kappa shape index (κ2) is 8.77. The zero-order valence-corrected chi connectivity index (χ0v) is 20.0. The number of aromatic nitrogens is 1. The van der Waals surface area contributed by atoms with Gasteiger partial charge in [-0.3, -0.25) is 4.98 Å². The van der Waals surface area contributed by atoms with Crippen molar-refractivity contribution < 1.29 is 0 Å². The molecule has 4 aromatic carbocycles. The molecule has 170 valence electrons. The topological polar surface area (TPSA) is 19.4 Å². The average molecular weight is 454 g/mol. The van der Waals surface area contributed by atoms with Crippen molar-refractivity contribution in [1.29, 1.82) is 0 Å². The van der Waals surface area contributed by atoms with Crippen molar-refractivity contribution >= 4 is 22.7 Å². The first-order chi connectivity index (χ1) is 17.2. The van der Waals surface area contributed by atoms with Gasteiger partial charge in [-0.2, -0.15) is 0 Å². The van der Waals surface area contributed by atoms with E-state index in [0.717, 1.165) is 5.69 Å². The molecule has 1 aromatic heterocycles. The second-order valence-electron chi connectivity index (χ2n) is 8.96. The number of anilines is 4. The Morgan fingerprint density at radius 1 is 0.571 bits per heavy atom. The molecule has 0 amide bonds. The zero-order chi connectivity index (χ0) is 23.8. The fraction of sp³-hybridized carbons (Fsp3) is 0.0938. The summed E-state index contributed by atoms with van der Waals surface area (Å²) in [5.74, 6) is 0. The van der Waals surface area contributed by atoms with Gasteiger partial charge in [0.15, 0.2) is 0 Å². The van der Waals surface area contributed by atoms with Crippen molar-refractivity contribution in [2.75, 3.05) is 9.80 Å². The van der Waals surface area contributed by atoms with Gasteiger partial charge in [-0.15, -0.1) is 0 Å². The van der Waals surface area contributed by atoms with Crippen molar-refractivity contribution in [3.8, 4) is 22.3 Å². The first-order valence-electron chi connectivity index (χ1n) is 12.1. The van der Waals surface area contributed by atoms with E-state index in [1.165, 1.54) is 44.9 Å². The van der Waals surface area contributed by atoms with E-state index < -0.39 is 0 Å². The van der Waals surface area contributed by atoms with Crippen LogP contribution < -0.4 is 9.80 Å². The second-order valence-corrected chi connectivity index (χ2v) is 8.96. The SMILES string of the molecule is Cc1ccncc1N1c2ccccc2N(c2c(-c3ccccc3)cccc2-c2ccccc2)[C@H]1C. The lowest BCUT2D eigenvalue weighted by atomic mass is 9.94. The van der Waals surface area contributed by atoms with Gasteiger partial charge in [0.2, 0.25) is 0 Å². The first kappa shape index (κ1) is 21.2. The molecule has 0 fully saturated rings. The number of benzene rings is 4. The summed E-state index contributed by atoms with van der Waals surface area (Å²) < 4.78 is 0. The van der Waals surface area contributed by atoms with Crippen LogP contribution in [-0.2, 0) is 0 Å². The molecule has 1 aliphatic heterocycles. The molecule has 0 radical (unpaired) electrons. The molecule has 35 heavy (non-hydrogen) atoms.